The molecule has 110 valence electrons. The van der Waals surface area contributed by atoms with Gasteiger partial charge in [0, 0.05) is 0 Å². The molecule has 2 aromatic rings. The minimum atomic E-state index is 0.636. The number of ether oxygens (including phenoxy) is 2. The van der Waals surface area contributed by atoms with Crippen molar-refractivity contribution in [1.82, 2.24) is 0 Å². The molecular formula is C18H21NO2. The zero-order valence-electron chi connectivity index (χ0n) is 12.9. The van der Waals surface area contributed by atoms with E-state index in [9.17, 15) is 0 Å². The lowest BCUT2D eigenvalue weighted by atomic mass is 10.0. The highest BCUT2D eigenvalue weighted by Crippen LogP contribution is 2.26. The number of aryl methyl sites for hydroxylation is 1. The Balaban J connectivity index is 2.29. The van der Waals surface area contributed by atoms with Crippen LogP contribution in [0.4, 0.5) is 5.69 Å². The predicted octanol–water partition coefficient (Wildman–Crippen LogP) is 4.07. The van der Waals surface area contributed by atoms with Crippen molar-refractivity contribution in [1.29, 1.82) is 0 Å². The Morgan fingerprint density at radius 1 is 0.857 bits per heavy atom. The average Bonchev–Trinajstić information content (AvgIpc) is 2.48. The average molecular weight is 283 g/mol. The molecule has 2 rings (SSSR count). The highest BCUT2D eigenvalue weighted by atomic mass is 16.5. The van der Waals surface area contributed by atoms with Crippen LogP contribution in [0, 0.1) is 13.8 Å². The molecule has 0 radical (unpaired) electrons. The van der Waals surface area contributed by atoms with Crippen LogP contribution in [0.25, 0.3) is 12.2 Å². The van der Waals surface area contributed by atoms with Gasteiger partial charge in [-0.25, -0.2) is 0 Å². The van der Waals surface area contributed by atoms with Crippen molar-refractivity contribution in [3.63, 3.8) is 0 Å². The van der Waals surface area contributed by atoms with Crippen molar-refractivity contribution in [2.24, 2.45) is 0 Å². The normalized spacial score (nSPS) is 10.9. The standard InChI is InChI=1S/C18H21NO2/c1-12-9-15(11-18(21-4)13(12)2)6-5-14-7-8-17(20-3)16(19)10-14/h5-11H,19H2,1-4H3. The molecule has 0 amide bonds. The van der Waals surface area contributed by atoms with E-state index in [1.807, 2.05) is 30.3 Å². The summed E-state index contributed by atoms with van der Waals surface area (Å²) in [5.74, 6) is 1.60. The van der Waals surface area contributed by atoms with Crippen LogP contribution in [0.1, 0.15) is 22.3 Å². The van der Waals surface area contributed by atoms with E-state index >= 15 is 0 Å². The van der Waals surface area contributed by atoms with Gasteiger partial charge >= 0.3 is 0 Å². The molecule has 3 heteroatoms. The summed E-state index contributed by atoms with van der Waals surface area (Å²) >= 11 is 0. The zero-order valence-corrected chi connectivity index (χ0v) is 12.9. The van der Waals surface area contributed by atoms with Crippen molar-refractivity contribution in [2.75, 3.05) is 20.0 Å². The Morgan fingerprint density at radius 2 is 1.52 bits per heavy atom. The van der Waals surface area contributed by atoms with Gasteiger partial charge in [-0.05, 0) is 54.3 Å². The molecule has 0 heterocycles. The van der Waals surface area contributed by atoms with Crippen LogP contribution >= 0.6 is 0 Å². The number of nitrogens with two attached hydrogens (primary N) is 1. The van der Waals surface area contributed by atoms with Gasteiger partial charge in [-0.3, -0.25) is 0 Å². The summed E-state index contributed by atoms with van der Waals surface area (Å²) < 4.78 is 10.6. The molecule has 0 aromatic heterocycles. The van der Waals surface area contributed by atoms with Gasteiger partial charge in [-0.1, -0.05) is 24.3 Å². The van der Waals surface area contributed by atoms with Crippen LogP contribution in [0.5, 0.6) is 11.5 Å². The molecule has 0 saturated carbocycles. The molecule has 2 aromatic carbocycles. The highest BCUT2D eigenvalue weighted by molar-refractivity contribution is 5.73. The van der Waals surface area contributed by atoms with Crippen molar-refractivity contribution < 1.29 is 9.47 Å². The van der Waals surface area contributed by atoms with Crippen molar-refractivity contribution in [3.8, 4) is 11.5 Å². The summed E-state index contributed by atoms with van der Waals surface area (Å²) in [6, 6.07) is 9.92. The second-order valence-corrected chi connectivity index (χ2v) is 5.00. The first-order valence-electron chi connectivity index (χ1n) is 6.82. The van der Waals surface area contributed by atoms with E-state index in [0.29, 0.717) is 11.4 Å². The van der Waals surface area contributed by atoms with Crippen LogP contribution in [0.2, 0.25) is 0 Å². The van der Waals surface area contributed by atoms with E-state index in [4.69, 9.17) is 15.2 Å². The fourth-order valence-corrected chi connectivity index (χ4v) is 2.21. The topological polar surface area (TPSA) is 44.5 Å². The molecule has 0 atom stereocenters. The Labute approximate surface area is 126 Å². The van der Waals surface area contributed by atoms with E-state index < -0.39 is 0 Å². The van der Waals surface area contributed by atoms with Gasteiger partial charge in [-0.15, -0.1) is 0 Å². The van der Waals surface area contributed by atoms with Crippen molar-refractivity contribution in [3.05, 3.63) is 52.6 Å². The smallest absolute Gasteiger partial charge is 0.141 e. The number of hydrogen-bond acceptors (Lipinski definition) is 3. The Morgan fingerprint density at radius 3 is 2.14 bits per heavy atom. The lowest BCUT2D eigenvalue weighted by molar-refractivity contribution is 0.411. The van der Waals surface area contributed by atoms with E-state index in [0.717, 1.165) is 16.9 Å². The second-order valence-electron chi connectivity index (χ2n) is 5.00. The molecule has 0 aliphatic carbocycles. The lowest BCUT2D eigenvalue weighted by Crippen LogP contribution is -1.92. The SMILES string of the molecule is COc1ccc(C=Cc2cc(C)c(C)c(OC)c2)cc1N. The maximum Gasteiger partial charge on any atom is 0.141 e. The van der Waals surface area contributed by atoms with Gasteiger partial charge in [0.05, 0.1) is 19.9 Å². The summed E-state index contributed by atoms with van der Waals surface area (Å²) in [6.45, 7) is 4.15. The van der Waals surface area contributed by atoms with E-state index in [-0.39, 0.29) is 0 Å². The summed E-state index contributed by atoms with van der Waals surface area (Å²) in [6.07, 6.45) is 4.08. The largest absolute Gasteiger partial charge is 0.496 e. The number of nitrogen functional groups attached to an aromatic ring is 1. The van der Waals surface area contributed by atoms with E-state index in [1.54, 1.807) is 14.2 Å². The summed E-state index contributed by atoms with van der Waals surface area (Å²) in [7, 11) is 3.31. The maximum absolute atomic E-state index is 5.91. The van der Waals surface area contributed by atoms with Crippen LogP contribution < -0.4 is 15.2 Å². The molecule has 3 nitrogen and oxygen atoms in total. The highest BCUT2D eigenvalue weighted by Gasteiger charge is 2.03. The number of methoxy groups -OCH3 is 2. The van der Waals surface area contributed by atoms with Gasteiger partial charge in [0.1, 0.15) is 11.5 Å². The van der Waals surface area contributed by atoms with Gasteiger partial charge in [0.2, 0.25) is 0 Å². The van der Waals surface area contributed by atoms with Gasteiger partial charge < -0.3 is 15.2 Å². The number of rotatable bonds is 4. The van der Waals surface area contributed by atoms with Crippen LogP contribution in [0.15, 0.2) is 30.3 Å². The Bertz CT molecular complexity index is 675. The molecule has 0 spiro atoms. The molecule has 0 aliphatic rings. The minimum absolute atomic E-state index is 0.636. The van der Waals surface area contributed by atoms with Crippen molar-refractivity contribution in [2.45, 2.75) is 13.8 Å². The van der Waals surface area contributed by atoms with Gasteiger partial charge in [0.25, 0.3) is 0 Å². The molecule has 0 aliphatic heterocycles. The molecule has 0 bridgehead atoms. The van der Waals surface area contributed by atoms with Crippen LogP contribution in [-0.2, 0) is 0 Å². The van der Waals surface area contributed by atoms with Crippen LogP contribution in [-0.4, -0.2) is 14.2 Å². The number of anilines is 1. The second kappa shape index (κ2) is 6.35. The van der Waals surface area contributed by atoms with Crippen LogP contribution in [0.3, 0.4) is 0 Å². The summed E-state index contributed by atoms with van der Waals surface area (Å²) in [5, 5.41) is 0. The Kier molecular flexibility index (Phi) is 4.53. The lowest BCUT2D eigenvalue weighted by Gasteiger charge is -2.09. The van der Waals surface area contributed by atoms with E-state index in [2.05, 4.69) is 26.0 Å². The molecule has 21 heavy (non-hydrogen) atoms. The monoisotopic (exact) mass is 283 g/mol. The van der Waals surface area contributed by atoms with Gasteiger partial charge in [-0.2, -0.15) is 0 Å². The van der Waals surface area contributed by atoms with E-state index in [1.165, 1.54) is 11.1 Å². The minimum Gasteiger partial charge on any atom is -0.496 e. The third-order valence-electron chi connectivity index (χ3n) is 3.58. The molecule has 0 saturated heterocycles. The predicted molar refractivity (Wildman–Crippen MR) is 88.8 cm³/mol. The first kappa shape index (κ1) is 15.0. The fraction of sp³-hybridized carbons (Fsp3) is 0.222. The third kappa shape index (κ3) is 3.37. The summed E-state index contributed by atoms with van der Waals surface area (Å²) in [5.41, 5.74) is 11.1. The first-order valence-corrected chi connectivity index (χ1v) is 6.82. The van der Waals surface area contributed by atoms with Gasteiger partial charge in [0.15, 0.2) is 0 Å². The Hall–Kier alpha value is -2.42. The quantitative estimate of drug-likeness (QED) is 0.679. The number of hydrogen-bond donors (Lipinski definition) is 1. The third-order valence-corrected chi connectivity index (χ3v) is 3.58. The number of benzene rings is 2. The molecule has 0 unspecified atom stereocenters. The first-order chi connectivity index (χ1) is 10.0. The molecule has 2 N–H and O–H groups in total. The molecular weight excluding hydrogens is 262 g/mol. The maximum atomic E-state index is 5.91. The zero-order chi connectivity index (χ0) is 15.4. The summed E-state index contributed by atoms with van der Waals surface area (Å²) in [4.78, 5) is 0. The molecule has 0 fully saturated rings. The van der Waals surface area contributed by atoms with Crippen molar-refractivity contribution >= 4 is 17.8 Å². The fourth-order valence-electron chi connectivity index (χ4n) is 2.21.